The number of hydrogen-bond donors (Lipinski definition) is 2. The molecule has 0 bridgehead atoms. The summed E-state index contributed by atoms with van der Waals surface area (Å²) in [6.45, 7) is 0.766. The summed E-state index contributed by atoms with van der Waals surface area (Å²) in [5, 5.41) is 6.43. The van der Waals surface area contributed by atoms with Crippen molar-refractivity contribution in [2.75, 3.05) is 17.6 Å². The number of fused-ring (bicyclic) bond motifs is 1. The van der Waals surface area contributed by atoms with Crippen LogP contribution in [-0.2, 0) is 6.42 Å². The highest BCUT2D eigenvalue weighted by molar-refractivity contribution is 7.07. The third-order valence-corrected chi connectivity index (χ3v) is 4.66. The van der Waals surface area contributed by atoms with Crippen LogP contribution in [0.2, 0.25) is 0 Å². The van der Waals surface area contributed by atoms with E-state index in [1.807, 2.05) is 29.8 Å². The molecule has 0 saturated carbocycles. The Labute approximate surface area is 149 Å². The van der Waals surface area contributed by atoms with E-state index in [4.69, 9.17) is 5.73 Å². The van der Waals surface area contributed by atoms with E-state index in [2.05, 4.69) is 43.8 Å². The molecule has 3 N–H and O–H groups in total. The fourth-order valence-corrected chi connectivity index (χ4v) is 3.42. The molecule has 6 heteroatoms. The van der Waals surface area contributed by atoms with Gasteiger partial charge in [-0.3, -0.25) is 0 Å². The van der Waals surface area contributed by atoms with Crippen LogP contribution in [-0.4, -0.2) is 21.5 Å². The van der Waals surface area contributed by atoms with Gasteiger partial charge in [0.2, 0.25) is 0 Å². The molecule has 0 fully saturated rings. The molecule has 0 atom stereocenters. The summed E-state index contributed by atoms with van der Waals surface area (Å²) in [5.74, 6) is 0.809. The fourth-order valence-electron chi connectivity index (χ4n) is 2.86. The second-order valence-electron chi connectivity index (χ2n) is 5.71. The highest BCUT2D eigenvalue weighted by atomic mass is 32.1. The molecular weight excluding hydrogens is 330 g/mol. The maximum absolute atomic E-state index is 5.90. The number of hydrogen-bond acceptors (Lipinski definition) is 6. The highest BCUT2D eigenvalue weighted by Gasteiger charge is 2.07. The van der Waals surface area contributed by atoms with Gasteiger partial charge in [0.1, 0.15) is 12.1 Å². The molecule has 0 aliphatic rings. The largest absolute Gasteiger partial charge is 0.399 e. The monoisotopic (exact) mass is 347 g/mol. The predicted molar refractivity (Wildman–Crippen MR) is 104 cm³/mol. The summed E-state index contributed by atoms with van der Waals surface area (Å²) in [6, 6.07) is 14.0. The summed E-state index contributed by atoms with van der Waals surface area (Å²) in [4.78, 5) is 13.1. The van der Waals surface area contributed by atoms with Gasteiger partial charge in [-0.25, -0.2) is 15.0 Å². The van der Waals surface area contributed by atoms with Gasteiger partial charge in [0.25, 0.3) is 0 Å². The van der Waals surface area contributed by atoms with Crippen molar-refractivity contribution in [2.24, 2.45) is 0 Å². The first kappa shape index (κ1) is 15.5. The van der Waals surface area contributed by atoms with E-state index in [0.717, 1.165) is 35.4 Å². The van der Waals surface area contributed by atoms with Crippen LogP contribution in [0.1, 0.15) is 5.56 Å². The van der Waals surface area contributed by atoms with E-state index in [9.17, 15) is 0 Å². The molecule has 5 nitrogen and oxygen atoms in total. The van der Waals surface area contributed by atoms with Gasteiger partial charge in [-0.1, -0.05) is 24.3 Å². The molecule has 0 saturated heterocycles. The number of nitrogen functional groups attached to an aromatic ring is 1. The van der Waals surface area contributed by atoms with Crippen LogP contribution >= 0.6 is 11.3 Å². The Kier molecular flexibility index (Phi) is 4.26. The van der Waals surface area contributed by atoms with Gasteiger partial charge in [-0.2, -0.15) is 0 Å². The molecule has 0 spiro atoms. The zero-order valence-electron chi connectivity index (χ0n) is 13.5. The zero-order valence-corrected chi connectivity index (χ0v) is 14.3. The van der Waals surface area contributed by atoms with Gasteiger partial charge >= 0.3 is 0 Å². The van der Waals surface area contributed by atoms with E-state index in [1.165, 1.54) is 11.1 Å². The molecule has 0 aliphatic carbocycles. The second-order valence-corrected chi connectivity index (χ2v) is 6.43. The minimum atomic E-state index is 0.708. The molecule has 25 heavy (non-hydrogen) atoms. The fraction of sp³-hybridized carbons (Fsp3) is 0.105. The van der Waals surface area contributed by atoms with E-state index in [-0.39, 0.29) is 0 Å². The van der Waals surface area contributed by atoms with Gasteiger partial charge in [-0.15, -0.1) is 11.3 Å². The van der Waals surface area contributed by atoms with Crippen molar-refractivity contribution in [3.63, 3.8) is 0 Å². The van der Waals surface area contributed by atoms with Crippen molar-refractivity contribution in [3.8, 4) is 11.3 Å². The normalized spacial score (nSPS) is 10.9. The Balaban J connectivity index is 1.53. The van der Waals surface area contributed by atoms with E-state index in [0.29, 0.717) is 5.69 Å². The lowest BCUT2D eigenvalue weighted by atomic mass is 10.0. The summed E-state index contributed by atoms with van der Waals surface area (Å²) in [7, 11) is 0. The lowest BCUT2D eigenvalue weighted by Crippen LogP contribution is -2.08. The van der Waals surface area contributed by atoms with Crippen molar-refractivity contribution in [1.29, 1.82) is 0 Å². The lowest BCUT2D eigenvalue weighted by molar-refractivity contribution is 1.01. The first-order chi connectivity index (χ1) is 12.3. The quantitative estimate of drug-likeness (QED) is 0.534. The standard InChI is InChI=1S/C19H17N5S/c20-14-5-6-17-16(9-14)19(23-11-22-17)21-8-7-13-3-1-2-4-15(13)18-10-25-12-24-18/h1-6,9-12H,7-8,20H2,(H,21,22,23). The number of nitrogens with zero attached hydrogens (tertiary/aromatic N) is 3. The second kappa shape index (κ2) is 6.86. The molecule has 4 rings (SSSR count). The molecule has 2 aromatic carbocycles. The Morgan fingerprint density at radius 3 is 2.84 bits per heavy atom. The molecule has 0 radical (unpaired) electrons. The van der Waals surface area contributed by atoms with Gasteiger partial charge < -0.3 is 11.1 Å². The van der Waals surface area contributed by atoms with Gasteiger partial charge in [0.05, 0.1) is 16.7 Å². The predicted octanol–water partition coefficient (Wildman–Crippen LogP) is 3.99. The van der Waals surface area contributed by atoms with Crippen molar-refractivity contribution in [3.05, 3.63) is 65.2 Å². The summed E-state index contributed by atoms with van der Waals surface area (Å²) >= 11 is 1.61. The lowest BCUT2D eigenvalue weighted by Gasteiger charge is -2.11. The van der Waals surface area contributed by atoms with E-state index in [1.54, 1.807) is 17.7 Å². The van der Waals surface area contributed by atoms with Gasteiger partial charge in [0, 0.05) is 28.6 Å². The zero-order chi connectivity index (χ0) is 17.1. The molecule has 2 heterocycles. The average molecular weight is 347 g/mol. The molecule has 124 valence electrons. The average Bonchev–Trinajstić information content (AvgIpc) is 3.17. The van der Waals surface area contributed by atoms with Crippen molar-refractivity contribution in [2.45, 2.75) is 6.42 Å². The van der Waals surface area contributed by atoms with Crippen molar-refractivity contribution in [1.82, 2.24) is 15.0 Å². The van der Waals surface area contributed by atoms with Crippen molar-refractivity contribution >= 4 is 33.7 Å². The number of benzene rings is 2. The van der Waals surface area contributed by atoms with Crippen LogP contribution in [0.15, 0.2) is 59.7 Å². The van der Waals surface area contributed by atoms with E-state index >= 15 is 0 Å². The minimum Gasteiger partial charge on any atom is -0.399 e. The number of thiazole rings is 1. The molecule has 0 unspecified atom stereocenters. The Bertz CT molecular complexity index is 998. The minimum absolute atomic E-state index is 0.708. The number of nitrogens with two attached hydrogens (primary N) is 1. The third kappa shape index (κ3) is 3.29. The molecule has 0 aliphatic heterocycles. The van der Waals surface area contributed by atoms with Gasteiger partial charge in [0.15, 0.2) is 0 Å². The smallest absolute Gasteiger partial charge is 0.137 e. The number of rotatable bonds is 5. The maximum atomic E-state index is 5.90. The van der Waals surface area contributed by atoms with Crippen LogP contribution in [0.3, 0.4) is 0 Å². The molecule has 4 aromatic rings. The SMILES string of the molecule is Nc1ccc2ncnc(NCCc3ccccc3-c3cscn3)c2c1. The highest BCUT2D eigenvalue weighted by Crippen LogP contribution is 2.25. The van der Waals surface area contributed by atoms with Crippen LogP contribution in [0.25, 0.3) is 22.2 Å². The molecular formula is C19H17N5S. The summed E-state index contributed by atoms with van der Waals surface area (Å²) in [5.41, 5.74) is 12.8. The maximum Gasteiger partial charge on any atom is 0.137 e. The summed E-state index contributed by atoms with van der Waals surface area (Å²) < 4.78 is 0. The number of anilines is 2. The van der Waals surface area contributed by atoms with E-state index < -0.39 is 0 Å². The van der Waals surface area contributed by atoms with Gasteiger partial charge in [-0.05, 0) is 30.2 Å². The molecule has 2 aromatic heterocycles. The summed E-state index contributed by atoms with van der Waals surface area (Å²) in [6.07, 6.45) is 2.45. The van der Waals surface area contributed by atoms with Crippen LogP contribution < -0.4 is 11.1 Å². The number of nitrogens with one attached hydrogen (secondary N) is 1. The van der Waals surface area contributed by atoms with Crippen LogP contribution in [0, 0.1) is 0 Å². The van der Waals surface area contributed by atoms with Crippen LogP contribution in [0.4, 0.5) is 11.5 Å². The first-order valence-corrected chi connectivity index (χ1v) is 8.96. The number of aromatic nitrogens is 3. The molecule has 0 amide bonds. The Hall–Kier alpha value is -2.99. The Morgan fingerprint density at radius 1 is 1.04 bits per heavy atom. The Morgan fingerprint density at radius 2 is 1.96 bits per heavy atom. The topological polar surface area (TPSA) is 76.7 Å². The first-order valence-electron chi connectivity index (χ1n) is 8.02. The third-order valence-electron chi connectivity index (χ3n) is 4.07. The van der Waals surface area contributed by atoms with Crippen LogP contribution in [0.5, 0.6) is 0 Å². The van der Waals surface area contributed by atoms with Crippen molar-refractivity contribution < 1.29 is 0 Å².